The lowest BCUT2D eigenvalue weighted by Crippen LogP contribution is -2.51. The van der Waals surface area contributed by atoms with Crippen molar-refractivity contribution in [2.45, 2.75) is 70.6 Å². The van der Waals surface area contributed by atoms with Gasteiger partial charge in [0.05, 0.1) is 23.7 Å². The zero-order valence-corrected chi connectivity index (χ0v) is 21.8. The third-order valence-corrected chi connectivity index (χ3v) is 7.17. The first-order valence-corrected chi connectivity index (χ1v) is 12.3. The zero-order valence-electron chi connectivity index (χ0n) is 21.8. The molecule has 1 fully saturated rings. The standard InChI is InChI=1S/C27H34N6O3/c1-17(2)12-21(31(7)23(34)18-14-29-33(15-18)26(3,4)5)24(35)32-16-27(13-22(32)28-6)19-10-8-9-11-20(19)30-25(27)36/h8-11,14-15,17,21-22H,12-13,16H2,1-5,7H3,(H,30,36)/t21-,22-,27-/m0/s1. The van der Waals surface area contributed by atoms with Gasteiger partial charge in [0.1, 0.15) is 11.5 Å². The van der Waals surface area contributed by atoms with Crippen LogP contribution in [0.3, 0.4) is 0 Å². The number of anilines is 1. The van der Waals surface area contributed by atoms with E-state index in [0.717, 1.165) is 11.3 Å². The summed E-state index contributed by atoms with van der Waals surface area (Å²) in [6, 6.07) is 6.67. The Morgan fingerprint density at radius 3 is 2.61 bits per heavy atom. The van der Waals surface area contributed by atoms with Crippen LogP contribution in [-0.4, -0.2) is 63.1 Å². The average Bonchev–Trinajstić information content (AvgIpc) is 3.53. The van der Waals surface area contributed by atoms with Gasteiger partial charge < -0.3 is 10.2 Å². The second kappa shape index (κ2) is 9.08. The van der Waals surface area contributed by atoms with Gasteiger partial charge in [0.25, 0.3) is 11.8 Å². The minimum Gasteiger partial charge on any atom is -0.330 e. The third-order valence-electron chi connectivity index (χ3n) is 7.17. The number of rotatable bonds is 5. The summed E-state index contributed by atoms with van der Waals surface area (Å²) in [6.07, 6.45) is 3.10. The van der Waals surface area contributed by atoms with Gasteiger partial charge in [0, 0.05) is 25.5 Å². The first kappa shape index (κ1) is 25.4. The summed E-state index contributed by atoms with van der Waals surface area (Å²) < 4.78 is 1.72. The van der Waals surface area contributed by atoms with E-state index in [0.29, 0.717) is 12.0 Å². The molecule has 4 rings (SSSR count). The zero-order chi connectivity index (χ0) is 26.4. The highest BCUT2D eigenvalue weighted by atomic mass is 16.2. The Balaban J connectivity index is 1.64. The first-order chi connectivity index (χ1) is 16.9. The van der Waals surface area contributed by atoms with Crippen LogP contribution in [0.2, 0.25) is 0 Å². The van der Waals surface area contributed by atoms with Gasteiger partial charge in [-0.1, -0.05) is 32.0 Å². The molecule has 2 aromatic rings. The molecule has 3 heterocycles. The van der Waals surface area contributed by atoms with E-state index in [-0.39, 0.29) is 42.1 Å². The van der Waals surface area contributed by atoms with Crippen molar-refractivity contribution in [2.24, 2.45) is 5.92 Å². The molecule has 1 spiro atoms. The molecular formula is C27H34N6O3. The Hall–Kier alpha value is -3.67. The molecule has 1 N–H and O–H groups in total. The summed E-state index contributed by atoms with van der Waals surface area (Å²) in [6.45, 7) is 17.9. The number of fused-ring (bicyclic) bond motifs is 2. The van der Waals surface area contributed by atoms with Crippen molar-refractivity contribution in [1.82, 2.24) is 19.6 Å². The van der Waals surface area contributed by atoms with Crippen molar-refractivity contribution in [1.29, 1.82) is 0 Å². The lowest BCUT2D eigenvalue weighted by Gasteiger charge is -2.32. The van der Waals surface area contributed by atoms with Crippen LogP contribution < -0.4 is 5.32 Å². The van der Waals surface area contributed by atoms with Gasteiger partial charge in [-0.2, -0.15) is 5.10 Å². The molecule has 1 saturated heterocycles. The smallest absolute Gasteiger partial charge is 0.302 e. The number of likely N-dealkylation sites (tertiary alicyclic amines) is 1. The topological polar surface area (TPSA) is 91.9 Å². The molecule has 2 aliphatic rings. The van der Waals surface area contributed by atoms with Gasteiger partial charge in [0.2, 0.25) is 5.91 Å². The highest BCUT2D eigenvalue weighted by molar-refractivity contribution is 6.07. The fourth-order valence-corrected chi connectivity index (χ4v) is 5.16. The predicted octanol–water partition coefficient (Wildman–Crippen LogP) is 3.49. The van der Waals surface area contributed by atoms with Crippen LogP contribution in [0, 0.1) is 12.5 Å². The number of carbonyl (C=O) groups is 3. The van der Waals surface area contributed by atoms with E-state index in [1.165, 1.54) is 16.0 Å². The molecule has 1 aromatic heterocycles. The van der Waals surface area contributed by atoms with Gasteiger partial charge >= 0.3 is 6.17 Å². The number of hydrogen-bond acceptors (Lipinski definition) is 4. The number of aromatic nitrogens is 2. The molecule has 0 bridgehead atoms. The fraction of sp³-hybridized carbons (Fsp3) is 0.519. The van der Waals surface area contributed by atoms with Crippen molar-refractivity contribution >= 4 is 23.4 Å². The lowest BCUT2D eigenvalue weighted by atomic mass is 9.80. The second-order valence-electron chi connectivity index (χ2n) is 11.3. The van der Waals surface area contributed by atoms with Crippen molar-refractivity contribution in [3.8, 4) is 0 Å². The van der Waals surface area contributed by atoms with E-state index in [2.05, 4.69) is 15.3 Å². The number of nitrogens with zero attached hydrogens (tertiary/aromatic N) is 5. The van der Waals surface area contributed by atoms with Crippen molar-refractivity contribution in [2.75, 3.05) is 18.9 Å². The molecule has 2 aliphatic heterocycles. The molecule has 0 radical (unpaired) electrons. The number of nitrogens with one attached hydrogen (secondary N) is 1. The van der Waals surface area contributed by atoms with Gasteiger partial charge in [-0.3, -0.25) is 28.8 Å². The Labute approximate surface area is 212 Å². The van der Waals surface area contributed by atoms with E-state index in [1.54, 1.807) is 17.9 Å². The van der Waals surface area contributed by atoms with Crippen LogP contribution in [-0.2, 0) is 20.5 Å². The second-order valence-corrected chi connectivity index (χ2v) is 11.3. The number of likely N-dealkylation sites (N-methyl/N-ethyl adjacent to an activating group) is 1. The van der Waals surface area contributed by atoms with Crippen LogP contribution in [0.25, 0.3) is 4.85 Å². The highest BCUT2D eigenvalue weighted by Crippen LogP contribution is 2.47. The van der Waals surface area contributed by atoms with Crippen LogP contribution >= 0.6 is 0 Å². The molecule has 3 atom stereocenters. The monoisotopic (exact) mass is 490 g/mol. The maximum atomic E-state index is 14.0. The molecule has 0 unspecified atom stereocenters. The molecule has 36 heavy (non-hydrogen) atoms. The van der Waals surface area contributed by atoms with E-state index < -0.39 is 17.6 Å². The molecule has 1 aromatic carbocycles. The first-order valence-electron chi connectivity index (χ1n) is 12.3. The minimum absolute atomic E-state index is 0.111. The van der Waals surface area contributed by atoms with E-state index in [1.807, 2.05) is 58.9 Å². The van der Waals surface area contributed by atoms with Gasteiger partial charge in [-0.05, 0) is 44.7 Å². The average molecular weight is 491 g/mol. The van der Waals surface area contributed by atoms with Crippen molar-refractivity contribution < 1.29 is 14.4 Å². The number of para-hydroxylation sites is 1. The van der Waals surface area contributed by atoms with E-state index in [9.17, 15) is 14.4 Å². The minimum atomic E-state index is -0.958. The molecule has 0 saturated carbocycles. The number of benzene rings is 1. The summed E-state index contributed by atoms with van der Waals surface area (Å²) >= 11 is 0. The van der Waals surface area contributed by atoms with E-state index in [4.69, 9.17) is 6.57 Å². The molecule has 190 valence electrons. The normalized spacial score (nSPS) is 21.9. The van der Waals surface area contributed by atoms with Crippen LogP contribution in [0.15, 0.2) is 36.7 Å². The lowest BCUT2D eigenvalue weighted by molar-refractivity contribution is -0.136. The molecule has 9 nitrogen and oxygen atoms in total. The number of hydrogen-bond donors (Lipinski definition) is 1. The highest BCUT2D eigenvalue weighted by Gasteiger charge is 2.59. The summed E-state index contributed by atoms with van der Waals surface area (Å²) in [5, 5.41) is 7.25. The van der Waals surface area contributed by atoms with Crippen molar-refractivity contribution in [3.63, 3.8) is 0 Å². The SMILES string of the molecule is [C-]#[N+][C@@H]1C[C@@]2(CN1C(=O)[C@H](CC(C)C)N(C)C(=O)c1cnn(C(C)(C)C)c1)C(=O)Nc1ccccc12. The summed E-state index contributed by atoms with van der Waals surface area (Å²) in [5.74, 6) is -0.670. The van der Waals surface area contributed by atoms with Crippen molar-refractivity contribution in [3.05, 3.63) is 59.2 Å². The number of carbonyl (C=O) groups excluding carboxylic acids is 3. The third kappa shape index (κ3) is 4.25. The maximum Gasteiger partial charge on any atom is 0.302 e. The van der Waals surface area contributed by atoms with Gasteiger partial charge in [0.15, 0.2) is 0 Å². The molecule has 9 heteroatoms. The Morgan fingerprint density at radius 1 is 1.31 bits per heavy atom. The Kier molecular flexibility index (Phi) is 6.41. The van der Waals surface area contributed by atoms with Gasteiger partial charge in [-0.15, -0.1) is 0 Å². The summed E-state index contributed by atoms with van der Waals surface area (Å²) in [7, 11) is 1.62. The van der Waals surface area contributed by atoms with Gasteiger partial charge in [-0.25, -0.2) is 6.57 Å². The molecule has 0 aliphatic carbocycles. The Bertz CT molecular complexity index is 1240. The van der Waals surface area contributed by atoms with E-state index >= 15 is 0 Å². The largest absolute Gasteiger partial charge is 0.330 e. The predicted molar refractivity (Wildman–Crippen MR) is 136 cm³/mol. The Morgan fingerprint density at radius 2 is 2.00 bits per heavy atom. The molecular weight excluding hydrogens is 456 g/mol. The maximum absolute atomic E-state index is 14.0. The van der Waals surface area contributed by atoms with Crippen LogP contribution in [0.4, 0.5) is 5.69 Å². The van der Waals surface area contributed by atoms with Crippen LogP contribution in [0.1, 0.15) is 63.4 Å². The van der Waals surface area contributed by atoms with Crippen LogP contribution in [0.5, 0.6) is 0 Å². The summed E-state index contributed by atoms with van der Waals surface area (Å²) in [4.78, 5) is 47.2. The number of amides is 3. The summed E-state index contributed by atoms with van der Waals surface area (Å²) in [5.41, 5.74) is 0.702. The quantitative estimate of drug-likeness (QED) is 0.650. The fourth-order valence-electron chi connectivity index (χ4n) is 5.16. The molecule has 3 amide bonds.